The van der Waals surface area contributed by atoms with Crippen LogP contribution in [-0.2, 0) is 4.79 Å². The zero-order valence-corrected chi connectivity index (χ0v) is 12.5. The van der Waals surface area contributed by atoms with Crippen molar-refractivity contribution in [3.05, 3.63) is 63.2 Å². The van der Waals surface area contributed by atoms with Crippen LogP contribution in [0.1, 0.15) is 5.56 Å². The van der Waals surface area contributed by atoms with Crippen LogP contribution in [0.5, 0.6) is 5.75 Å². The summed E-state index contributed by atoms with van der Waals surface area (Å²) in [5, 5.41) is 13.9. The fourth-order valence-electron chi connectivity index (χ4n) is 1.76. The van der Waals surface area contributed by atoms with E-state index in [0.717, 1.165) is 5.56 Å². The molecule has 0 aliphatic rings. The van der Waals surface area contributed by atoms with Crippen LogP contribution < -0.4 is 10.1 Å². The van der Waals surface area contributed by atoms with Gasteiger partial charge in [-0.3, -0.25) is 14.9 Å². The minimum atomic E-state index is -0.526. The number of ether oxygens (including phenoxy) is 1. The number of benzene rings is 2. The van der Waals surface area contributed by atoms with E-state index >= 15 is 0 Å². The van der Waals surface area contributed by atoms with E-state index in [0.29, 0.717) is 10.7 Å². The summed E-state index contributed by atoms with van der Waals surface area (Å²) in [7, 11) is 0. The zero-order valence-electron chi connectivity index (χ0n) is 11.7. The average Bonchev–Trinajstić information content (AvgIpc) is 2.50. The van der Waals surface area contributed by atoms with Crippen LogP contribution in [0.2, 0.25) is 5.02 Å². The third-order valence-electron chi connectivity index (χ3n) is 2.94. The quantitative estimate of drug-likeness (QED) is 0.674. The highest BCUT2D eigenvalue weighted by atomic mass is 35.5. The van der Waals surface area contributed by atoms with Gasteiger partial charge in [0.2, 0.25) is 0 Å². The van der Waals surface area contributed by atoms with Gasteiger partial charge in [-0.1, -0.05) is 23.7 Å². The second kappa shape index (κ2) is 6.91. The number of rotatable bonds is 5. The molecule has 2 aromatic rings. The first kappa shape index (κ1) is 15.8. The van der Waals surface area contributed by atoms with E-state index in [9.17, 15) is 14.9 Å². The summed E-state index contributed by atoms with van der Waals surface area (Å²) in [6.45, 7) is 1.53. The molecule has 0 bridgehead atoms. The molecular formula is C15H13ClN2O4. The van der Waals surface area contributed by atoms with Crippen molar-refractivity contribution in [2.45, 2.75) is 6.92 Å². The van der Waals surface area contributed by atoms with Crippen molar-refractivity contribution >= 4 is 28.9 Å². The van der Waals surface area contributed by atoms with Crippen LogP contribution in [0, 0.1) is 17.0 Å². The Kier molecular flexibility index (Phi) is 4.95. The molecular weight excluding hydrogens is 308 g/mol. The second-order valence-electron chi connectivity index (χ2n) is 4.50. The lowest BCUT2D eigenvalue weighted by molar-refractivity contribution is -0.384. The van der Waals surface area contributed by atoms with Crippen LogP contribution in [0.25, 0.3) is 0 Å². The number of hydrogen-bond acceptors (Lipinski definition) is 4. The summed E-state index contributed by atoms with van der Waals surface area (Å²) in [5.41, 5.74) is 1.26. The lowest BCUT2D eigenvalue weighted by Crippen LogP contribution is -2.20. The molecule has 0 heterocycles. The van der Waals surface area contributed by atoms with E-state index in [2.05, 4.69) is 5.32 Å². The van der Waals surface area contributed by atoms with Gasteiger partial charge in [0.05, 0.1) is 11.0 Å². The molecule has 0 radical (unpaired) electrons. The largest absolute Gasteiger partial charge is 0.484 e. The third-order valence-corrected chi connectivity index (χ3v) is 3.35. The maximum Gasteiger partial charge on any atom is 0.273 e. The Balaban J connectivity index is 1.97. The molecule has 1 amide bonds. The van der Waals surface area contributed by atoms with E-state index in [1.807, 2.05) is 0 Å². The van der Waals surface area contributed by atoms with E-state index in [1.54, 1.807) is 31.2 Å². The number of amides is 1. The highest BCUT2D eigenvalue weighted by molar-refractivity contribution is 6.31. The van der Waals surface area contributed by atoms with Crippen LogP contribution in [0.15, 0.2) is 42.5 Å². The lowest BCUT2D eigenvalue weighted by atomic mass is 10.2. The molecule has 0 aromatic heterocycles. The molecule has 6 nitrogen and oxygen atoms in total. The third kappa shape index (κ3) is 3.95. The van der Waals surface area contributed by atoms with Gasteiger partial charge in [-0.15, -0.1) is 0 Å². The van der Waals surface area contributed by atoms with Crippen LogP contribution in [0.3, 0.4) is 0 Å². The molecule has 0 saturated heterocycles. The molecule has 0 aliphatic carbocycles. The predicted molar refractivity (Wildman–Crippen MR) is 83.4 cm³/mol. The molecule has 1 N–H and O–H groups in total. The topological polar surface area (TPSA) is 81.5 Å². The smallest absolute Gasteiger partial charge is 0.273 e. The number of non-ortho nitro benzene ring substituents is 1. The molecule has 7 heteroatoms. The monoisotopic (exact) mass is 320 g/mol. The Hall–Kier alpha value is -2.60. The van der Waals surface area contributed by atoms with Crippen LogP contribution in [0.4, 0.5) is 11.4 Å². The standard InChI is InChI=1S/C15H13ClN2O4/c1-10-13(16)6-3-7-14(10)17-15(19)9-22-12-5-2-4-11(8-12)18(20)21/h2-8H,9H2,1H3,(H,17,19). The highest BCUT2D eigenvalue weighted by Crippen LogP contribution is 2.23. The molecule has 0 saturated carbocycles. The summed E-state index contributed by atoms with van der Waals surface area (Å²) in [4.78, 5) is 22.0. The normalized spacial score (nSPS) is 10.1. The van der Waals surface area contributed by atoms with Gasteiger partial charge >= 0.3 is 0 Å². The minimum absolute atomic E-state index is 0.0939. The van der Waals surface area contributed by atoms with Gasteiger partial charge in [0, 0.05) is 16.8 Å². The molecule has 0 aliphatic heterocycles. The van der Waals surface area contributed by atoms with Crippen LogP contribution >= 0.6 is 11.6 Å². The maximum atomic E-state index is 11.9. The number of carbonyl (C=O) groups is 1. The number of nitro benzene ring substituents is 1. The van der Waals surface area contributed by atoms with Crippen molar-refractivity contribution in [3.8, 4) is 5.75 Å². The first-order valence-corrected chi connectivity index (χ1v) is 6.77. The summed E-state index contributed by atoms with van der Waals surface area (Å²) >= 11 is 5.97. The van der Waals surface area contributed by atoms with E-state index < -0.39 is 4.92 Å². The number of halogens is 1. The van der Waals surface area contributed by atoms with Gasteiger partial charge in [-0.25, -0.2) is 0 Å². The first-order valence-electron chi connectivity index (χ1n) is 6.39. The molecule has 2 aromatic carbocycles. The second-order valence-corrected chi connectivity index (χ2v) is 4.91. The van der Waals surface area contributed by atoms with Gasteiger partial charge in [-0.05, 0) is 30.7 Å². The van der Waals surface area contributed by atoms with Gasteiger partial charge in [-0.2, -0.15) is 0 Å². The number of nitro groups is 1. The molecule has 0 fully saturated rings. The lowest BCUT2D eigenvalue weighted by Gasteiger charge is -2.10. The van der Waals surface area contributed by atoms with Crippen molar-refractivity contribution in [2.75, 3.05) is 11.9 Å². The van der Waals surface area contributed by atoms with Crippen molar-refractivity contribution in [2.24, 2.45) is 0 Å². The number of carbonyl (C=O) groups excluding carboxylic acids is 1. The first-order chi connectivity index (χ1) is 10.5. The van der Waals surface area contributed by atoms with Crippen LogP contribution in [-0.4, -0.2) is 17.4 Å². The molecule has 22 heavy (non-hydrogen) atoms. The Morgan fingerprint density at radius 3 is 2.77 bits per heavy atom. The molecule has 0 atom stereocenters. The van der Waals surface area contributed by atoms with Gasteiger partial charge in [0.15, 0.2) is 6.61 Å². The predicted octanol–water partition coefficient (Wildman–Crippen LogP) is 3.57. The van der Waals surface area contributed by atoms with Crippen molar-refractivity contribution in [3.63, 3.8) is 0 Å². The number of anilines is 1. The summed E-state index contributed by atoms with van der Waals surface area (Å²) in [6, 6.07) is 10.8. The number of nitrogens with zero attached hydrogens (tertiary/aromatic N) is 1. The zero-order chi connectivity index (χ0) is 16.1. The van der Waals surface area contributed by atoms with E-state index in [1.165, 1.54) is 18.2 Å². The molecule has 114 valence electrons. The fraction of sp³-hybridized carbons (Fsp3) is 0.133. The SMILES string of the molecule is Cc1c(Cl)cccc1NC(=O)COc1cccc([N+](=O)[O-])c1. The maximum absolute atomic E-state index is 11.9. The molecule has 0 unspecified atom stereocenters. The van der Waals surface area contributed by atoms with E-state index in [4.69, 9.17) is 16.3 Å². The minimum Gasteiger partial charge on any atom is -0.484 e. The number of hydrogen-bond donors (Lipinski definition) is 1. The van der Waals surface area contributed by atoms with Gasteiger partial charge < -0.3 is 10.1 Å². The summed E-state index contributed by atoms with van der Waals surface area (Å²) < 4.78 is 5.25. The van der Waals surface area contributed by atoms with E-state index in [-0.39, 0.29) is 24.0 Å². The molecule has 2 rings (SSSR count). The summed E-state index contributed by atoms with van der Waals surface area (Å²) in [6.07, 6.45) is 0. The van der Waals surface area contributed by atoms with Crippen molar-refractivity contribution in [1.82, 2.24) is 0 Å². The summed E-state index contributed by atoms with van der Waals surface area (Å²) in [5.74, 6) is -0.121. The molecule has 0 spiro atoms. The van der Waals surface area contributed by atoms with Crippen molar-refractivity contribution < 1.29 is 14.5 Å². The Bertz CT molecular complexity index is 718. The van der Waals surface area contributed by atoms with Gasteiger partial charge in [0.1, 0.15) is 5.75 Å². The Morgan fingerprint density at radius 1 is 1.32 bits per heavy atom. The van der Waals surface area contributed by atoms with Gasteiger partial charge in [0.25, 0.3) is 11.6 Å². The highest BCUT2D eigenvalue weighted by Gasteiger charge is 2.10. The fourth-order valence-corrected chi connectivity index (χ4v) is 1.94. The Morgan fingerprint density at radius 2 is 2.05 bits per heavy atom. The van der Waals surface area contributed by atoms with Crippen molar-refractivity contribution in [1.29, 1.82) is 0 Å². The average molecular weight is 321 g/mol. The Labute approximate surface area is 131 Å². The number of nitrogens with one attached hydrogen (secondary N) is 1.